The van der Waals surface area contributed by atoms with Crippen molar-refractivity contribution in [2.45, 2.75) is 11.9 Å². The number of ether oxygens (including phenoxy) is 1. The molecule has 0 bridgehead atoms. The molecular formula is C15H17FN4O2S. The summed E-state index contributed by atoms with van der Waals surface area (Å²) in [6, 6.07) is 6.38. The van der Waals surface area contributed by atoms with Gasteiger partial charge in [-0.2, -0.15) is 0 Å². The zero-order valence-electron chi connectivity index (χ0n) is 12.7. The lowest BCUT2D eigenvalue weighted by Gasteiger charge is -2.21. The smallest absolute Gasteiger partial charge is 0.233 e. The number of aromatic nitrogens is 3. The summed E-state index contributed by atoms with van der Waals surface area (Å²) in [6.45, 7) is 1.46. The number of hydrogen-bond acceptors (Lipinski definition) is 5. The number of nitrogens with zero attached hydrogens (tertiary/aromatic N) is 4. The van der Waals surface area contributed by atoms with Crippen LogP contribution < -0.4 is 0 Å². The molecule has 8 heteroatoms. The van der Waals surface area contributed by atoms with Gasteiger partial charge in [-0.15, -0.1) is 16.9 Å². The van der Waals surface area contributed by atoms with E-state index in [0.29, 0.717) is 25.4 Å². The Morgan fingerprint density at radius 1 is 1.48 bits per heavy atom. The van der Waals surface area contributed by atoms with Crippen molar-refractivity contribution in [3.63, 3.8) is 0 Å². The van der Waals surface area contributed by atoms with E-state index in [-0.39, 0.29) is 17.1 Å². The highest BCUT2D eigenvalue weighted by Gasteiger charge is 2.34. The van der Waals surface area contributed by atoms with E-state index in [2.05, 4.69) is 10.3 Å². The van der Waals surface area contributed by atoms with Crippen LogP contribution in [-0.2, 0) is 16.1 Å². The van der Waals surface area contributed by atoms with Gasteiger partial charge in [-0.3, -0.25) is 4.79 Å². The topological polar surface area (TPSA) is 60.2 Å². The van der Waals surface area contributed by atoms with Crippen molar-refractivity contribution < 1.29 is 13.9 Å². The monoisotopic (exact) mass is 336 g/mol. The zero-order valence-corrected chi connectivity index (χ0v) is 13.5. The van der Waals surface area contributed by atoms with E-state index in [4.69, 9.17) is 4.74 Å². The van der Waals surface area contributed by atoms with Gasteiger partial charge in [0.2, 0.25) is 5.91 Å². The van der Waals surface area contributed by atoms with Crippen LogP contribution in [0.1, 0.15) is 16.6 Å². The third-order valence-electron chi connectivity index (χ3n) is 3.55. The molecule has 122 valence electrons. The second-order valence-corrected chi connectivity index (χ2v) is 6.28. The van der Waals surface area contributed by atoms with Gasteiger partial charge in [0.25, 0.3) is 0 Å². The van der Waals surface area contributed by atoms with Crippen molar-refractivity contribution in [2.75, 3.05) is 26.0 Å². The first-order valence-electron chi connectivity index (χ1n) is 7.22. The van der Waals surface area contributed by atoms with E-state index in [9.17, 15) is 9.18 Å². The molecule has 1 aliphatic rings. The van der Waals surface area contributed by atoms with Crippen molar-refractivity contribution in [1.29, 1.82) is 0 Å². The minimum Gasteiger partial charge on any atom is -0.383 e. The summed E-state index contributed by atoms with van der Waals surface area (Å²) >= 11 is 1.53. The van der Waals surface area contributed by atoms with Crippen LogP contribution in [0, 0.1) is 5.82 Å². The fourth-order valence-corrected chi connectivity index (χ4v) is 3.60. The van der Waals surface area contributed by atoms with Crippen molar-refractivity contribution in [1.82, 2.24) is 19.9 Å². The van der Waals surface area contributed by atoms with Gasteiger partial charge in [0.1, 0.15) is 16.9 Å². The molecule has 6 nitrogen and oxygen atoms in total. The molecule has 0 N–H and O–H groups in total. The molecule has 1 amide bonds. The number of carbonyl (C=O) groups is 1. The summed E-state index contributed by atoms with van der Waals surface area (Å²) < 4.78 is 19.9. The van der Waals surface area contributed by atoms with Crippen LogP contribution >= 0.6 is 11.8 Å². The summed E-state index contributed by atoms with van der Waals surface area (Å²) in [4.78, 5) is 13.7. The van der Waals surface area contributed by atoms with Gasteiger partial charge in [0.05, 0.1) is 25.1 Å². The van der Waals surface area contributed by atoms with E-state index in [1.165, 1.54) is 23.9 Å². The lowest BCUT2D eigenvalue weighted by atomic mass is 10.2. The molecule has 1 unspecified atom stereocenters. The summed E-state index contributed by atoms with van der Waals surface area (Å²) in [5, 5.41) is 8.12. The third-order valence-corrected chi connectivity index (χ3v) is 4.77. The highest BCUT2D eigenvalue weighted by molar-refractivity contribution is 8.00. The Morgan fingerprint density at radius 2 is 2.35 bits per heavy atom. The Labute approximate surface area is 137 Å². The normalized spacial score (nSPS) is 17.9. The molecule has 1 aromatic heterocycles. The first-order valence-corrected chi connectivity index (χ1v) is 8.27. The maximum atomic E-state index is 13.2. The van der Waals surface area contributed by atoms with Crippen LogP contribution in [0.4, 0.5) is 4.39 Å². The molecule has 1 atom stereocenters. The van der Waals surface area contributed by atoms with Crippen molar-refractivity contribution in [2.24, 2.45) is 0 Å². The second kappa shape index (κ2) is 7.10. The fraction of sp³-hybridized carbons (Fsp3) is 0.400. The predicted octanol–water partition coefficient (Wildman–Crippen LogP) is 1.69. The van der Waals surface area contributed by atoms with E-state index < -0.39 is 0 Å². The lowest BCUT2D eigenvalue weighted by molar-refractivity contribution is -0.128. The minimum absolute atomic E-state index is 0.0803. The number of methoxy groups -OCH3 is 1. The maximum Gasteiger partial charge on any atom is 0.233 e. The SMILES string of the molecule is COCCN1C(=O)CSC1c1cn(Cc2cccc(F)c2)nn1. The summed E-state index contributed by atoms with van der Waals surface area (Å²) in [6.07, 6.45) is 1.81. The molecule has 1 aromatic carbocycles. The molecule has 2 aromatic rings. The minimum atomic E-state index is -0.273. The summed E-state index contributed by atoms with van der Waals surface area (Å²) in [7, 11) is 1.61. The first-order chi connectivity index (χ1) is 11.2. The standard InChI is InChI=1S/C15H17FN4O2S/c1-22-6-5-20-14(21)10-23-15(20)13-9-19(18-17-13)8-11-3-2-4-12(16)7-11/h2-4,7,9,15H,5-6,8,10H2,1H3. The predicted molar refractivity (Wildman–Crippen MR) is 84.3 cm³/mol. The second-order valence-electron chi connectivity index (χ2n) is 5.21. The third kappa shape index (κ3) is 3.70. The van der Waals surface area contributed by atoms with Gasteiger partial charge in [-0.1, -0.05) is 17.3 Å². The molecule has 1 aliphatic heterocycles. The molecule has 1 saturated heterocycles. The number of carbonyl (C=O) groups excluding carboxylic acids is 1. The molecule has 0 radical (unpaired) electrons. The molecular weight excluding hydrogens is 319 g/mol. The summed E-state index contributed by atoms with van der Waals surface area (Å²) in [5.41, 5.74) is 1.54. The molecule has 0 aliphatic carbocycles. The number of thioether (sulfide) groups is 1. The Balaban J connectivity index is 1.72. The van der Waals surface area contributed by atoms with Crippen LogP contribution in [0.2, 0.25) is 0 Å². The number of benzene rings is 1. The van der Waals surface area contributed by atoms with Crippen LogP contribution in [0.25, 0.3) is 0 Å². The molecule has 23 heavy (non-hydrogen) atoms. The highest BCUT2D eigenvalue weighted by atomic mass is 32.2. The average Bonchev–Trinajstić information content (AvgIpc) is 3.12. The number of rotatable bonds is 6. The van der Waals surface area contributed by atoms with Crippen LogP contribution in [0.15, 0.2) is 30.5 Å². The quantitative estimate of drug-likeness (QED) is 0.803. The Bertz CT molecular complexity index is 694. The molecule has 1 fully saturated rings. The first kappa shape index (κ1) is 15.9. The fourth-order valence-electron chi connectivity index (χ4n) is 2.46. The lowest BCUT2D eigenvalue weighted by Crippen LogP contribution is -2.31. The molecule has 0 spiro atoms. The maximum absolute atomic E-state index is 13.2. The Morgan fingerprint density at radius 3 is 3.13 bits per heavy atom. The van der Waals surface area contributed by atoms with E-state index in [0.717, 1.165) is 11.3 Å². The van der Waals surface area contributed by atoms with E-state index in [1.54, 1.807) is 29.0 Å². The summed E-state index contributed by atoms with van der Waals surface area (Å²) in [5.74, 6) is 0.243. The number of amides is 1. The van der Waals surface area contributed by atoms with Crippen LogP contribution in [0.5, 0.6) is 0 Å². The largest absolute Gasteiger partial charge is 0.383 e. The van der Waals surface area contributed by atoms with Gasteiger partial charge in [-0.25, -0.2) is 9.07 Å². The van der Waals surface area contributed by atoms with Gasteiger partial charge in [0.15, 0.2) is 0 Å². The van der Waals surface area contributed by atoms with Crippen LogP contribution in [0.3, 0.4) is 0 Å². The van der Waals surface area contributed by atoms with Crippen molar-refractivity contribution >= 4 is 17.7 Å². The van der Waals surface area contributed by atoms with E-state index >= 15 is 0 Å². The molecule has 3 rings (SSSR count). The van der Waals surface area contributed by atoms with Crippen molar-refractivity contribution in [3.05, 3.63) is 47.5 Å². The number of halogens is 1. The van der Waals surface area contributed by atoms with Gasteiger partial charge < -0.3 is 9.64 Å². The molecule has 2 heterocycles. The van der Waals surface area contributed by atoms with E-state index in [1.807, 2.05) is 6.07 Å². The Hall–Kier alpha value is -1.93. The Kier molecular flexibility index (Phi) is 4.92. The molecule has 0 saturated carbocycles. The van der Waals surface area contributed by atoms with Crippen molar-refractivity contribution in [3.8, 4) is 0 Å². The van der Waals surface area contributed by atoms with Crippen LogP contribution in [-0.4, -0.2) is 51.8 Å². The number of hydrogen-bond donors (Lipinski definition) is 0. The van der Waals surface area contributed by atoms with Gasteiger partial charge >= 0.3 is 0 Å². The van der Waals surface area contributed by atoms with Gasteiger partial charge in [0, 0.05) is 13.7 Å². The zero-order chi connectivity index (χ0) is 16.2. The van der Waals surface area contributed by atoms with Gasteiger partial charge in [-0.05, 0) is 17.7 Å². The highest BCUT2D eigenvalue weighted by Crippen LogP contribution is 2.37. The average molecular weight is 336 g/mol.